The van der Waals surface area contributed by atoms with Gasteiger partial charge in [0.15, 0.2) is 0 Å². The van der Waals surface area contributed by atoms with Crippen LogP contribution >= 0.6 is 0 Å². The maximum Gasteiger partial charge on any atom is 0.407 e. The molecule has 1 aliphatic rings. The molecule has 0 radical (unpaired) electrons. The number of nitrogens with one attached hydrogen (secondary N) is 1. The lowest BCUT2D eigenvalue weighted by molar-refractivity contribution is 0.0383. The van der Waals surface area contributed by atoms with E-state index in [0.717, 1.165) is 0 Å². The highest BCUT2D eigenvalue weighted by Crippen LogP contribution is 2.16. The van der Waals surface area contributed by atoms with E-state index in [1.165, 1.54) is 11.1 Å². The lowest BCUT2D eigenvalue weighted by Crippen LogP contribution is -2.48. The van der Waals surface area contributed by atoms with Crippen LogP contribution in [0.5, 0.6) is 0 Å². The molecule has 8 heteroatoms. The van der Waals surface area contributed by atoms with Gasteiger partial charge in [-0.1, -0.05) is 0 Å². The van der Waals surface area contributed by atoms with Crippen LogP contribution in [0.1, 0.15) is 37.6 Å². The highest BCUT2D eigenvalue weighted by molar-refractivity contribution is 5.94. The number of amides is 2. The van der Waals surface area contributed by atoms with Crippen LogP contribution in [-0.2, 0) is 4.74 Å². The first kappa shape index (κ1) is 19.1. The molecule has 2 heterocycles. The third-order valence-electron chi connectivity index (χ3n) is 3.73. The number of ether oxygens (including phenoxy) is 1. The summed E-state index contributed by atoms with van der Waals surface area (Å²) in [5.41, 5.74) is -0.291. The molecule has 3 atom stereocenters. The smallest absolute Gasteiger partial charge is 0.407 e. The van der Waals surface area contributed by atoms with Crippen molar-refractivity contribution < 1.29 is 24.5 Å². The van der Waals surface area contributed by atoms with E-state index in [9.17, 15) is 19.8 Å². The molecule has 0 unspecified atom stereocenters. The summed E-state index contributed by atoms with van der Waals surface area (Å²) in [7, 11) is 0. The molecule has 1 saturated heterocycles. The molecule has 2 rings (SSSR count). The van der Waals surface area contributed by atoms with Gasteiger partial charge in [-0.05, 0) is 39.3 Å². The quantitative estimate of drug-likeness (QED) is 0.717. The van der Waals surface area contributed by atoms with Crippen LogP contribution in [-0.4, -0.2) is 69.0 Å². The Kier molecular flexibility index (Phi) is 5.97. The van der Waals surface area contributed by atoms with E-state index in [-0.39, 0.29) is 25.4 Å². The van der Waals surface area contributed by atoms with Crippen molar-refractivity contribution in [2.45, 2.75) is 51.0 Å². The van der Waals surface area contributed by atoms with Gasteiger partial charge in [0.25, 0.3) is 5.91 Å². The van der Waals surface area contributed by atoms with E-state index in [0.29, 0.717) is 5.56 Å². The molecule has 0 aliphatic carbocycles. The first-order valence-electron chi connectivity index (χ1n) is 8.20. The van der Waals surface area contributed by atoms with Gasteiger partial charge in [-0.2, -0.15) is 0 Å². The summed E-state index contributed by atoms with van der Waals surface area (Å²) in [6.45, 7) is 5.26. The Morgan fingerprint density at radius 1 is 1.32 bits per heavy atom. The molecular formula is C17H25N3O5. The van der Waals surface area contributed by atoms with Crippen LogP contribution in [0.15, 0.2) is 24.5 Å². The van der Waals surface area contributed by atoms with E-state index < -0.39 is 29.9 Å². The minimum atomic E-state index is -1.02. The average Bonchev–Trinajstić information content (AvgIpc) is 2.64. The Labute approximate surface area is 146 Å². The zero-order valence-corrected chi connectivity index (χ0v) is 14.7. The second-order valence-electron chi connectivity index (χ2n) is 7.16. The normalized spacial score (nSPS) is 24.4. The third kappa shape index (κ3) is 5.68. The van der Waals surface area contributed by atoms with Crippen molar-refractivity contribution in [1.82, 2.24) is 15.2 Å². The molecule has 1 aliphatic heterocycles. The minimum Gasteiger partial charge on any atom is -0.444 e. The lowest BCUT2D eigenvalue weighted by Gasteiger charge is -2.26. The first-order valence-corrected chi connectivity index (χ1v) is 8.20. The van der Waals surface area contributed by atoms with Crippen molar-refractivity contribution in [2.24, 2.45) is 0 Å². The number of likely N-dealkylation sites (tertiary alicyclic amines) is 1. The number of aromatic nitrogens is 1. The van der Waals surface area contributed by atoms with Crippen LogP contribution in [0.4, 0.5) is 4.79 Å². The summed E-state index contributed by atoms with van der Waals surface area (Å²) in [6, 6.07) is 2.55. The Morgan fingerprint density at radius 2 is 2.04 bits per heavy atom. The van der Waals surface area contributed by atoms with Crippen molar-refractivity contribution in [2.75, 3.05) is 13.1 Å². The van der Waals surface area contributed by atoms with Gasteiger partial charge in [0.1, 0.15) is 5.60 Å². The minimum absolute atomic E-state index is 0.00868. The van der Waals surface area contributed by atoms with E-state index in [1.54, 1.807) is 39.1 Å². The maximum atomic E-state index is 12.5. The van der Waals surface area contributed by atoms with Crippen LogP contribution < -0.4 is 5.32 Å². The highest BCUT2D eigenvalue weighted by atomic mass is 16.6. The average molecular weight is 351 g/mol. The fourth-order valence-corrected chi connectivity index (χ4v) is 2.66. The Hall–Kier alpha value is -2.19. The molecule has 8 nitrogen and oxygen atoms in total. The molecule has 138 valence electrons. The number of β-amino-alcohol motifs (C(OH)–C–C–N with tert-alkyl or cyclic N) is 2. The van der Waals surface area contributed by atoms with Crippen molar-refractivity contribution in [1.29, 1.82) is 0 Å². The summed E-state index contributed by atoms with van der Waals surface area (Å²) in [4.78, 5) is 29.7. The van der Waals surface area contributed by atoms with Crippen molar-refractivity contribution in [3.63, 3.8) is 0 Å². The Bertz CT molecular complexity index is 602. The lowest BCUT2D eigenvalue weighted by atomic mass is 10.1. The third-order valence-corrected chi connectivity index (χ3v) is 3.73. The van der Waals surface area contributed by atoms with Crippen molar-refractivity contribution in [3.8, 4) is 0 Å². The second kappa shape index (κ2) is 7.79. The van der Waals surface area contributed by atoms with Crippen LogP contribution in [0.3, 0.4) is 0 Å². The van der Waals surface area contributed by atoms with Crippen LogP contribution in [0, 0.1) is 0 Å². The topological polar surface area (TPSA) is 112 Å². The predicted molar refractivity (Wildman–Crippen MR) is 89.9 cm³/mol. The monoisotopic (exact) mass is 351 g/mol. The zero-order valence-electron chi connectivity index (χ0n) is 14.7. The maximum absolute atomic E-state index is 12.5. The number of alkyl carbamates (subject to hydrolysis) is 1. The van der Waals surface area contributed by atoms with Crippen LogP contribution in [0.2, 0.25) is 0 Å². The second-order valence-corrected chi connectivity index (χ2v) is 7.16. The first-order chi connectivity index (χ1) is 11.7. The molecule has 1 fully saturated rings. The largest absolute Gasteiger partial charge is 0.444 e. The molecule has 3 N–H and O–H groups in total. The fourth-order valence-electron chi connectivity index (χ4n) is 2.66. The van der Waals surface area contributed by atoms with E-state index in [2.05, 4.69) is 10.3 Å². The van der Waals surface area contributed by atoms with Gasteiger partial charge in [-0.15, -0.1) is 0 Å². The van der Waals surface area contributed by atoms with Crippen LogP contribution in [0.25, 0.3) is 0 Å². The zero-order chi connectivity index (χ0) is 18.6. The Balaban J connectivity index is 2.04. The molecule has 0 bridgehead atoms. The van der Waals surface area contributed by atoms with Gasteiger partial charge < -0.3 is 25.2 Å². The van der Waals surface area contributed by atoms with Gasteiger partial charge in [-0.25, -0.2) is 4.79 Å². The summed E-state index contributed by atoms with van der Waals surface area (Å²) < 4.78 is 5.18. The van der Waals surface area contributed by atoms with Gasteiger partial charge in [0, 0.05) is 25.5 Å². The molecular weight excluding hydrogens is 326 g/mol. The van der Waals surface area contributed by atoms with E-state index >= 15 is 0 Å². The summed E-state index contributed by atoms with van der Waals surface area (Å²) in [5.74, 6) is -0.330. The van der Waals surface area contributed by atoms with Gasteiger partial charge in [-0.3, -0.25) is 9.78 Å². The molecule has 25 heavy (non-hydrogen) atoms. The molecule has 1 aromatic rings. The summed E-state index contributed by atoms with van der Waals surface area (Å²) in [6.07, 6.45) is 0.544. The number of rotatable bonds is 2. The van der Waals surface area contributed by atoms with Crippen molar-refractivity contribution >= 4 is 12.0 Å². The number of carbonyl (C=O) groups is 2. The molecule has 0 aromatic carbocycles. The van der Waals surface area contributed by atoms with Gasteiger partial charge in [0.05, 0.1) is 23.8 Å². The van der Waals surface area contributed by atoms with Gasteiger partial charge in [0.2, 0.25) is 0 Å². The number of aliphatic hydroxyl groups is 2. The van der Waals surface area contributed by atoms with E-state index in [4.69, 9.17) is 4.74 Å². The number of nitrogens with zero attached hydrogens (tertiary/aromatic N) is 2. The number of aliphatic hydroxyl groups excluding tert-OH is 2. The molecule has 0 spiro atoms. The highest BCUT2D eigenvalue weighted by Gasteiger charge is 2.34. The number of carbonyl (C=O) groups excluding carboxylic acids is 2. The Morgan fingerprint density at radius 3 is 2.64 bits per heavy atom. The summed E-state index contributed by atoms with van der Waals surface area (Å²) in [5, 5.41) is 23.1. The van der Waals surface area contributed by atoms with Crippen molar-refractivity contribution in [3.05, 3.63) is 30.1 Å². The molecule has 1 aromatic heterocycles. The standard InChI is InChI=1S/C17H25N3O5/c1-17(2,3)25-16(24)19-13-7-12(21)9-20(10-14(13)22)15(23)11-5-4-6-18-8-11/h4-6,8,12-14,21-22H,7,9-10H2,1-3H3,(H,19,24)/t12-,13-,14-/m1/s1. The van der Waals surface area contributed by atoms with Gasteiger partial charge >= 0.3 is 6.09 Å². The molecule has 0 saturated carbocycles. The predicted octanol–water partition coefficient (Wildman–Crippen LogP) is 0.543. The number of hydrogen-bond acceptors (Lipinski definition) is 6. The summed E-state index contributed by atoms with van der Waals surface area (Å²) >= 11 is 0. The molecule has 2 amide bonds. The number of hydrogen-bond donors (Lipinski definition) is 3. The van der Waals surface area contributed by atoms with E-state index in [1.807, 2.05) is 0 Å². The fraction of sp³-hybridized carbons (Fsp3) is 0.588. The SMILES string of the molecule is CC(C)(C)OC(=O)N[C@@H]1C[C@@H](O)CN(C(=O)c2cccnc2)C[C@H]1O. The number of pyridine rings is 1.